The number of rotatable bonds is 8. The van der Waals surface area contributed by atoms with Gasteiger partial charge in [-0.2, -0.15) is 0 Å². The lowest BCUT2D eigenvalue weighted by Gasteiger charge is -2.22. The van der Waals surface area contributed by atoms with Gasteiger partial charge in [0.15, 0.2) is 0 Å². The van der Waals surface area contributed by atoms with Gasteiger partial charge in [0.05, 0.1) is 0 Å². The molecule has 3 amide bonds. The molecule has 7 heteroatoms. The van der Waals surface area contributed by atoms with Crippen molar-refractivity contribution in [1.82, 2.24) is 15.1 Å². The van der Waals surface area contributed by atoms with E-state index in [1.165, 1.54) is 16.8 Å². The van der Waals surface area contributed by atoms with Gasteiger partial charge in [0.1, 0.15) is 6.54 Å². The summed E-state index contributed by atoms with van der Waals surface area (Å²) >= 11 is 0. The molecular weight excluding hydrogens is 274 g/mol. The number of likely N-dealkylation sites (N-methyl/N-ethyl adjacent to an activating group) is 2. The average Bonchev–Trinajstić information content (AvgIpc) is 2.33. The molecule has 0 aromatic rings. The predicted octanol–water partition coefficient (Wildman–Crippen LogP) is 0.853. The number of urea groups is 1. The van der Waals surface area contributed by atoms with E-state index in [9.17, 15) is 14.4 Å². The van der Waals surface area contributed by atoms with E-state index in [1.54, 1.807) is 14.1 Å². The second-order valence-corrected chi connectivity index (χ2v) is 5.92. The molecule has 1 atom stereocenters. The molecule has 0 rings (SSSR count). The van der Waals surface area contributed by atoms with E-state index in [4.69, 9.17) is 5.11 Å². The van der Waals surface area contributed by atoms with Crippen LogP contribution >= 0.6 is 0 Å². The van der Waals surface area contributed by atoms with Crippen LogP contribution in [0, 0.1) is 11.8 Å². The molecule has 2 N–H and O–H groups in total. The van der Waals surface area contributed by atoms with Crippen molar-refractivity contribution in [1.29, 1.82) is 0 Å². The number of aliphatic carboxylic acids is 1. The summed E-state index contributed by atoms with van der Waals surface area (Å²) < 4.78 is 0. The van der Waals surface area contributed by atoms with Gasteiger partial charge in [0.25, 0.3) is 0 Å². The van der Waals surface area contributed by atoms with Crippen molar-refractivity contribution in [3.05, 3.63) is 0 Å². The van der Waals surface area contributed by atoms with Crippen molar-refractivity contribution < 1.29 is 19.5 Å². The second-order valence-electron chi connectivity index (χ2n) is 5.92. The molecular formula is C14H27N3O4. The highest BCUT2D eigenvalue weighted by Gasteiger charge is 2.18. The van der Waals surface area contributed by atoms with Crippen LogP contribution in [0.25, 0.3) is 0 Å². The summed E-state index contributed by atoms with van der Waals surface area (Å²) in [7, 11) is 4.78. The number of carboxylic acids is 1. The van der Waals surface area contributed by atoms with Gasteiger partial charge in [-0.1, -0.05) is 13.8 Å². The molecule has 7 nitrogen and oxygen atoms in total. The maximum atomic E-state index is 11.9. The summed E-state index contributed by atoms with van der Waals surface area (Å²) in [6.07, 6.45) is 0.756. The Balaban J connectivity index is 4.34. The van der Waals surface area contributed by atoms with Gasteiger partial charge < -0.3 is 20.2 Å². The van der Waals surface area contributed by atoms with E-state index in [2.05, 4.69) is 5.32 Å². The van der Waals surface area contributed by atoms with Crippen molar-refractivity contribution in [2.24, 2.45) is 11.8 Å². The van der Waals surface area contributed by atoms with Gasteiger partial charge in [0, 0.05) is 34.1 Å². The molecule has 0 heterocycles. The van der Waals surface area contributed by atoms with E-state index < -0.39 is 5.97 Å². The highest BCUT2D eigenvalue weighted by Crippen LogP contribution is 2.14. The maximum absolute atomic E-state index is 11.9. The average molecular weight is 301 g/mol. The number of hydrogen-bond acceptors (Lipinski definition) is 3. The normalized spacial score (nSPS) is 11.9. The van der Waals surface area contributed by atoms with Crippen LogP contribution in [0.3, 0.4) is 0 Å². The van der Waals surface area contributed by atoms with Crippen molar-refractivity contribution in [3.63, 3.8) is 0 Å². The first kappa shape index (κ1) is 19.2. The van der Waals surface area contributed by atoms with Gasteiger partial charge in [-0.3, -0.25) is 9.59 Å². The van der Waals surface area contributed by atoms with E-state index in [1.807, 2.05) is 13.8 Å². The summed E-state index contributed by atoms with van der Waals surface area (Å²) in [6.45, 7) is 4.31. The van der Waals surface area contributed by atoms with Crippen LogP contribution in [0.4, 0.5) is 4.79 Å². The molecule has 0 aromatic carbocycles. The van der Waals surface area contributed by atoms with E-state index >= 15 is 0 Å². The monoisotopic (exact) mass is 301 g/mol. The quantitative estimate of drug-likeness (QED) is 0.695. The Kier molecular flexibility index (Phi) is 8.42. The SMILES string of the molecule is CC(C)C[C@H](CNC(=O)N(C)CC(=O)N(C)C)CC(=O)O. The molecule has 0 saturated carbocycles. The maximum Gasteiger partial charge on any atom is 0.317 e. The molecule has 0 aliphatic heterocycles. The van der Waals surface area contributed by atoms with Gasteiger partial charge in [-0.15, -0.1) is 0 Å². The third-order valence-corrected chi connectivity index (χ3v) is 3.03. The first-order valence-corrected chi connectivity index (χ1v) is 7.04. The number of carbonyl (C=O) groups excluding carboxylic acids is 2. The Bertz CT molecular complexity index is 369. The van der Waals surface area contributed by atoms with E-state index in [0.717, 1.165) is 6.42 Å². The second kappa shape index (κ2) is 9.20. The molecule has 21 heavy (non-hydrogen) atoms. The van der Waals surface area contributed by atoms with Crippen molar-refractivity contribution in [2.75, 3.05) is 34.2 Å². The lowest BCUT2D eigenvalue weighted by Crippen LogP contribution is -2.44. The third kappa shape index (κ3) is 8.88. The van der Waals surface area contributed by atoms with Crippen LogP contribution in [-0.4, -0.2) is 67.0 Å². The highest BCUT2D eigenvalue weighted by molar-refractivity contribution is 5.83. The first-order chi connectivity index (χ1) is 9.63. The molecule has 0 aliphatic carbocycles. The molecule has 0 spiro atoms. The largest absolute Gasteiger partial charge is 0.481 e. The summed E-state index contributed by atoms with van der Waals surface area (Å²) in [5.74, 6) is -0.786. The van der Waals surface area contributed by atoms with E-state index in [0.29, 0.717) is 12.5 Å². The zero-order valence-electron chi connectivity index (χ0n) is 13.5. The van der Waals surface area contributed by atoms with Crippen molar-refractivity contribution >= 4 is 17.9 Å². The first-order valence-electron chi connectivity index (χ1n) is 7.04. The van der Waals surface area contributed by atoms with Gasteiger partial charge in [-0.25, -0.2) is 4.79 Å². The molecule has 0 aliphatic rings. The molecule has 0 unspecified atom stereocenters. The van der Waals surface area contributed by atoms with Gasteiger partial charge in [0.2, 0.25) is 5.91 Å². The Morgan fingerprint density at radius 1 is 1.14 bits per heavy atom. The molecule has 122 valence electrons. The summed E-state index contributed by atoms with van der Waals surface area (Å²) in [6, 6.07) is -0.371. The standard InChI is InChI=1S/C14H27N3O4/c1-10(2)6-11(7-13(19)20)8-15-14(21)17(5)9-12(18)16(3)4/h10-11H,6-9H2,1-5H3,(H,15,21)(H,19,20)/t11-/m0/s1. The number of carbonyl (C=O) groups is 3. The van der Waals surface area contributed by atoms with Crippen molar-refractivity contribution in [2.45, 2.75) is 26.7 Å². The number of carboxylic acid groups (broad SMARTS) is 1. The number of hydrogen-bond donors (Lipinski definition) is 2. The highest BCUT2D eigenvalue weighted by atomic mass is 16.4. The van der Waals surface area contributed by atoms with E-state index in [-0.39, 0.29) is 30.8 Å². The lowest BCUT2D eigenvalue weighted by molar-refractivity contribution is -0.138. The number of nitrogens with zero attached hydrogens (tertiary/aromatic N) is 2. The summed E-state index contributed by atoms with van der Waals surface area (Å²) in [5, 5.41) is 11.6. The zero-order valence-corrected chi connectivity index (χ0v) is 13.5. The zero-order chi connectivity index (χ0) is 16.6. The lowest BCUT2D eigenvalue weighted by atomic mass is 9.94. The van der Waals surface area contributed by atoms with Crippen LogP contribution in [0.2, 0.25) is 0 Å². The summed E-state index contributed by atoms with van der Waals surface area (Å²) in [4.78, 5) is 36.9. The van der Waals surface area contributed by atoms with Crippen LogP contribution < -0.4 is 5.32 Å². The Morgan fingerprint density at radius 3 is 2.14 bits per heavy atom. The fourth-order valence-electron chi connectivity index (χ4n) is 1.94. The topological polar surface area (TPSA) is 90.0 Å². The minimum Gasteiger partial charge on any atom is -0.481 e. The fraction of sp³-hybridized carbons (Fsp3) is 0.786. The molecule has 0 bridgehead atoms. The minimum absolute atomic E-state index is 0.00733. The number of nitrogens with one attached hydrogen (secondary N) is 1. The van der Waals surface area contributed by atoms with Crippen LogP contribution in [0.1, 0.15) is 26.7 Å². The van der Waals surface area contributed by atoms with Crippen molar-refractivity contribution in [3.8, 4) is 0 Å². The third-order valence-electron chi connectivity index (χ3n) is 3.03. The fourth-order valence-corrected chi connectivity index (χ4v) is 1.94. The smallest absolute Gasteiger partial charge is 0.317 e. The summed E-state index contributed by atoms with van der Waals surface area (Å²) in [5.41, 5.74) is 0. The van der Waals surface area contributed by atoms with Crippen LogP contribution in [-0.2, 0) is 9.59 Å². The molecule has 0 saturated heterocycles. The van der Waals surface area contributed by atoms with Gasteiger partial charge in [-0.05, 0) is 18.3 Å². The minimum atomic E-state index is -0.869. The molecule has 0 radical (unpaired) electrons. The molecule has 0 fully saturated rings. The number of amides is 3. The molecule has 0 aromatic heterocycles. The van der Waals surface area contributed by atoms with Crippen LogP contribution in [0.15, 0.2) is 0 Å². The Labute approximate surface area is 126 Å². The Morgan fingerprint density at radius 2 is 1.71 bits per heavy atom. The Hall–Kier alpha value is -1.79. The van der Waals surface area contributed by atoms with Gasteiger partial charge >= 0.3 is 12.0 Å². The predicted molar refractivity (Wildman–Crippen MR) is 79.9 cm³/mol. The van der Waals surface area contributed by atoms with Crippen LogP contribution in [0.5, 0.6) is 0 Å².